The summed E-state index contributed by atoms with van der Waals surface area (Å²) < 4.78 is 0.885. The van der Waals surface area contributed by atoms with Gasteiger partial charge < -0.3 is 5.32 Å². The number of thiophene rings is 1. The van der Waals surface area contributed by atoms with E-state index < -0.39 is 0 Å². The molecule has 0 bridgehead atoms. The molecule has 1 fully saturated rings. The van der Waals surface area contributed by atoms with Crippen LogP contribution in [0.3, 0.4) is 0 Å². The zero-order valence-electron chi connectivity index (χ0n) is 8.59. The van der Waals surface area contributed by atoms with E-state index in [-0.39, 0.29) is 0 Å². The Morgan fingerprint density at radius 3 is 2.79 bits per heavy atom. The predicted octanol–water partition coefficient (Wildman–Crippen LogP) is 3.85. The Hall–Kier alpha value is -0.0500. The summed E-state index contributed by atoms with van der Waals surface area (Å²) in [6.07, 6.45) is 2.64. The Kier molecular flexibility index (Phi) is 3.15. The monoisotopic (exact) mass is 229 g/mol. The van der Waals surface area contributed by atoms with Crippen molar-refractivity contribution in [3.63, 3.8) is 0 Å². The molecule has 1 heterocycles. The normalized spacial score (nSPS) is 28.5. The van der Waals surface area contributed by atoms with Gasteiger partial charge in [0.2, 0.25) is 0 Å². The van der Waals surface area contributed by atoms with Gasteiger partial charge in [0.1, 0.15) is 0 Å². The van der Waals surface area contributed by atoms with Gasteiger partial charge in [-0.05, 0) is 42.7 Å². The molecular weight excluding hydrogens is 214 g/mol. The quantitative estimate of drug-likeness (QED) is 0.830. The molecule has 78 valence electrons. The summed E-state index contributed by atoms with van der Waals surface area (Å²) in [5.41, 5.74) is 1.32. The zero-order valence-corrected chi connectivity index (χ0v) is 10.2. The second kappa shape index (κ2) is 4.21. The van der Waals surface area contributed by atoms with Crippen molar-refractivity contribution in [3.8, 4) is 0 Å². The van der Waals surface area contributed by atoms with Crippen LogP contribution < -0.4 is 5.32 Å². The van der Waals surface area contributed by atoms with E-state index in [0.717, 1.165) is 16.3 Å². The first kappa shape index (κ1) is 10.5. The van der Waals surface area contributed by atoms with E-state index >= 15 is 0 Å². The van der Waals surface area contributed by atoms with Crippen molar-refractivity contribution in [2.45, 2.75) is 38.8 Å². The highest BCUT2D eigenvalue weighted by Crippen LogP contribution is 2.30. The lowest BCUT2D eigenvalue weighted by Crippen LogP contribution is -2.41. The SMILES string of the molecule is CC1CC(NC(C)c2csc(Cl)c2)C1. The molecule has 1 aliphatic carbocycles. The van der Waals surface area contributed by atoms with Gasteiger partial charge in [-0.3, -0.25) is 0 Å². The lowest BCUT2D eigenvalue weighted by molar-refractivity contribution is 0.226. The van der Waals surface area contributed by atoms with Crippen LogP contribution in [0.1, 0.15) is 38.3 Å². The third-order valence-corrected chi connectivity index (χ3v) is 4.06. The van der Waals surface area contributed by atoms with Crippen molar-refractivity contribution < 1.29 is 0 Å². The molecule has 1 nitrogen and oxygen atoms in total. The molecule has 2 rings (SSSR count). The first-order valence-electron chi connectivity index (χ1n) is 5.15. The van der Waals surface area contributed by atoms with Crippen LogP contribution in [0.5, 0.6) is 0 Å². The molecule has 1 aromatic rings. The van der Waals surface area contributed by atoms with Gasteiger partial charge in [-0.15, -0.1) is 11.3 Å². The van der Waals surface area contributed by atoms with Gasteiger partial charge in [0.05, 0.1) is 4.34 Å². The maximum atomic E-state index is 5.90. The fourth-order valence-electron chi connectivity index (χ4n) is 2.04. The molecule has 0 saturated heterocycles. The van der Waals surface area contributed by atoms with E-state index in [4.69, 9.17) is 11.6 Å². The van der Waals surface area contributed by atoms with Gasteiger partial charge in [-0.25, -0.2) is 0 Å². The van der Waals surface area contributed by atoms with Crippen LogP contribution in [0.25, 0.3) is 0 Å². The van der Waals surface area contributed by atoms with Crippen LogP contribution in [0.4, 0.5) is 0 Å². The minimum absolute atomic E-state index is 0.441. The highest BCUT2D eigenvalue weighted by molar-refractivity contribution is 7.14. The van der Waals surface area contributed by atoms with Gasteiger partial charge in [0.25, 0.3) is 0 Å². The average Bonchev–Trinajstić information content (AvgIpc) is 2.49. The van der Waals surface area contributed by atoms with E-state index in [1.807, 2.05) is 0 Å². The van der Waals surface area contributed by atoms with Gasteiger partial charge >= 0.3 is 0 Å². The van der Waals surface area contributed by atoms with Crippen molar-refractivity contribution in [3.05, 3.63) is 21.3 Å². The Morgan fingerprint density at radius 1 is 1.57 bits per heavy atom. The van der Waals surface area contributed by atoms with E-state index in [0.29, 0.717) is 6.04 Å². The molecule has 0 spiro atoms. The molecule has 1 aromatic heterocycles. The van der Waals surface area contributed by atoms with Gasteiger partial charge in [-0.1, -0.05) is 18.5 Å². The molecule has 0 aliphatic heterocycles. The Bertz CT molecular complexity index is 304. The van der Waals surface area contributed by atoms with Crippen molar-refractivity contribution in [2.75, 3.05) is 0 Å². The molecular formula is C11H16ClNS. The molecule has 1 N–H and O–H groups in total. The summed E-state index contributed by atoms with van der Waals surface area (Å²) in [5, 5.41) is 5.77. The number of nitrogens with one attached hydrogen (secondary N) is 1. The Balaban J connectivity index is 1.86. The largest absolute Gasteiger partial charge is 0.307 e. The topological polar surface area (TPSA) is 12.0 Å². The van der Waals surface area contributed by atoms with Crippen molar-refractivity contribution in [2.24, 2.45) is 5.92 Å². The molecule has 14 heavy (non-hydrogen) atoms. The lowest BCUT2D eigenvalue weighted by atomic mass is 9.81. The van der Waals surface area contributed by atoms with Crippen LogP contribution in [0, 0.1) is 5.92 Å². The number of hydrogen-bond acceptors (Lipinski definition) is 2. The highest BCUT2D eigenvalue weighted by Gasteiger charge is 2.26. The lowest BCUT2D eigenvalue weighted by Gasteiger charge is -2.35. The number of hydrogen-bond donors (Lipinski definition) is 1. The van der Waals surface area contributed by atoms with Gasteiger partial charge in [-0.2, -0.15) is 0 Å². The molecule has 1 unspecified atom stereocenters. The van der Waals surface area contributed by atoms with Crippen LogP contribution in [0.15, 0.2) is 11.4 Å². The fourth-order valence-corrected chi connectivity index (χ4v) is 3.02. The molecule has 0 aromatic carbocycles. The molecule has 1 atom stereocenters. The third kappa shape index (κ3) is 2.30. The first-order valence-corrected chi connectivity index (χ1v) is 6.41. The van der Waals surface area contributed by atoms with Crippen molar-refractivity contribution in [1.82, 2.24) is 5.32 Å². The minimum atomic E-state index is 0.441. The summed E-state index contributed by atoms with van der Waals surface area (Å²) >= 11 is 7.51. The van der Waals surface area contributed by atoms with Gasteiger partial charge in [0, 0.05) is 12.1 Å². The maximum absolute atomic E-state index is 5.90. The summed E-state index contributed by atoms with van der Waals surface area (Å²) in [4.78, 5) is 0. The molecule has 1 saturated carbocycles. The second-order valence-corrected chi connectivity index (χ2v) is 5.89. The van der Waals surface area contributed by atoms with E-state index in [1.54, 1.807) is 11.3 Å². The Labute approximate surface area is 94.5 Å². The highest BCUT2D eigenvalue weighted by atomic mass is 35.5. The molecule has 3 heteroatoms. The Morgan fingerprint density at radius 2 is 2.29 bits per heavy atom. The van der Waals surface area contributed by atoms with Crippen LogP contribution in [-0.2, 0) is 0 Å². The van der Waals surface area contributed by atoms with Crippen LogP contribution >= 0.6 is 22.9 Å². The smallest absolute Gasteiger partial charge is 0.0931 e. The van der Waals surface area contributed by atoms with Gasteiger partial charge in [0.15, 0.2) is 0 Å². The van der Waals surface area contributed by atoms with Crippen LogP contribution in [-0.4, -0.2) is 6.04 Å². The molecule has 1 aliphatic rings. The zero-order chi connectivity index (χ0) is 10.1. The summed E-state index contributed by atoms with van der Waals surface area (Å²) in [7, 11) is 0. The van der Waals surface area contributed by atoms with Crippen molar-refractivity contribution in [1.29, 1.82) is 0 Å². The third-order valence-electron chi connectivity index (χ3n) is 2.95. The summed E-state index contributed by atoms with van der Waals surface area (Å²) in [5.74, 6) is 0.908. The fraction of sp³-hybridized carbons (Fsp3) is 0.636. The van der Waals surface area contributed by atoms with E-state index in [9.17, 15) is 0 Å². The average molecular weight is 230 g/mol. The summed E-state index contributed by atoms with van der Waals surface area (Å²) in [6, 6.07) is 3.22. The minimum Gasteiger partial charge on any atom is -0.307 e. The summed E-state index contributed by atoms with van der Waals surface area (Å²) in [6.45, 7) is 4.52. The van der Waals surface area contributed by atoms with E-state index in [1.165, 1.54) is 18.4 Å². The standard InChI is InChI=1S/C11H16ClNS/c1-7-3-10(4-7)13-8(2)9-5-11(12)14-6-9/h5-8,10,13H,3-4H2,1-2H3. The predicted molar refractivity (Wildman–Crippen MR) is 63.1 cm³/mol. The maximum Gasteiger partial charge on any atom is 0.0931 e. The van der Waals surface area contributed by atoms with Crippen molar-refractivity contribution >= 4 is 22.9 Å². The number of rotatable bonds is 3. The molecule has 0 radical (unpaired) electrons. The first-order chi connectivity index (χ1) is 6.65. The molecule has 0 amide bonds. The second-order valence-electron chi connectivity index (χ2n) is 4.35. The van der Waals surface area contributed by atoms with E-state index in [2.05, 4.69) is 30.6 Å². The van der Waals surface area contributed by atoms with Crippen LogP contribution in [0.2, 0.25) is 4.34 Å². The number of halogens is 1.